The Hall–Kier alpha value is -2.40. The molecule has 1 aliphatic rings. The summed E-state index contributed by atoms with van der Waals surface area (Å²) in [6.07, 6.45) is 5.45. The number of rotatable bonds is 6. The summed E-state index contributed by atoms with van der Waals surface area (Å²) >= 11 is 0. The van der Waals surface area contributed by atoms with E-state index in [2.05, 4.69) is 39.5 Å². The van der Waals surface area contributed by atoms with Gasteiger partial charge in [-0.1, -0.05) is 30.3 Å². The monoisotopic (exact) mass is 325 g/mol. The molecule has 0 bridgehead atoms. The van der Waals surface area contributed by atoms with E-state index < -0.39 is 5.97 Å². The van der Waals surface area contributed by atoms with Gasteiger partial charge in [-0.3, -0.25) is 9.88 Å². The highest BCUT2D eigenvalue weighted by Crippen LogP contribution is 2.20. The number of carbonyl (C=O) groups is 1. The molecule has 0 radical (unpaired) electrons. The number of hydrogen-bond donors (Lipinski definition) is 2. The smallest absolute Gasteiger partial charge is 0.337 e. The van der Waals surface area contributed by atoms with Gasteiger partial charge in [-0.25, -0.2) is 4.79 Å². The summed E-state index contributed by atoms with van der Waals surface area (Å²) in [6, 6.07) is 12.1. The molecule has 24 heavy (non-hydrogen) atoms. The highest BCUT2D eigenvalue weighted by Gasteiger charge is 2.20. The molecular formula is C19H23N3O2. The van der Waals surface area contributed by atoms with Crippen molar-refractivity contribution < 1.29 is 9.90 Å². The average molecular weight is 325 g/mol. The van der Waals surface area contributed by atoms with Crippen LogP contribution in [0, 0.1) is 5.92 Å². The Morgan fingerprint density at radius 2 is 2.12 bits per heavy atom. The second-order valence-electron chi connectivity index (χ2n) is 6.34. The molecule has 126 valence electrons. The van der Waals surface area contributed by atoms with E-state index in [-0.39, 0.29) is 5.56 Å². The Kier molecular flexibility index (Phi) is 5.43. The maximum Gasteiger partial charge on any atom is 0.337 e. The van der Waals surface area contributed by atoms with Gasteiger partial charge in [0.15, 0.2) is 0 Å². The fraction of sp³-hybridized carbons (Fsp3) is 0.368. The summed E-state index contributed by atoms with van der Waals surface area (Å²) < 4.78 is 0. The molecule has 2 heterocycles. The quantitative estimate of drug-likeness (QED) is 0.854. The number of hydrogen-bond acceptors (Lipinski definition) is 4. The first-order valence-electron chi connectivity index (χ1n) is 8.40. The van der Waals surface area contributed by atoms with Gasteiger partial charge in [0.05, 0.1) is 17.4 Å². The van der Waals surface area contributed by atoms with Gasteiger partial charge in [0.25, 0.3) is 0 Å². The molecule has 5 heteroatoms. The van der Waals surface area contributed by atoms with Gasteiger partial charge in [-0.05, 0) is 36.9 Å². The first kappa shape index (κ1) is 16.5. The van der Waals surface area contributed by atoms with Crippen LogP contribution < -0.4 is 5.32 Å². The largest absolute Gasteiger partial charge is 0.478 e. The number of nitrogens with zero attached hydrogens (tertiary/aromatic N) is 2. The van der Waals surface area contributed by atoms with Crippen molar-refractivity contribution in [1.29, 1.82) is 0 Å². The summed E-state index contributed by atoms with van der Waals surface area (Å²) in [5.74, 6) is -0.404. The van der Waals surface area contributed by atoms with Crippen LogP contribution in [0.4, 0.5) is 5.69 Å². The van der Waals surface area contributed by atoms with Crippen LogP contribution in [-0.4, -0.2) is 40.6 Å². The number of carboxylic acid groups (broad SMARTS) is 1. The van der Waals surface area contributed by atoms with Crippen molar-refractivity contribution in [1.82, 2.24) is 9.88 Å². The van der Waals surface area contributed by atoms with Gasteiger partial charge in [-0.2, -0.15) is 0 Å². The summed E-state index contributed by atoms with van der Waals surface area (Å²) in [4.78, 5) is 17.8. The van der Waals surface area contributed by atoms with Gasteiger partial charge in [0.1, 0.15) is 0 Å². The van der Waals surface area contributed by atoms with Crippen molar-refractivity contribution >= 4 is 11.7 Å². The number of likely N-dealkylation sites (tertiary alicyclic amines) is 1. The van der Waals surface area contributed by atoms with Crippen LogP contribution in [-0.2, 0) is 6.54 Å². The SMILES string of the molecule is O=C(O)c1ccncc1NCC1CCCN(Cc2ccccc2)C1. The molecule has 0 saturated carbocycles. The molecule has 0 aliphatic carbocycles. The summed E-state index contributed by atoms with van der Waals surface area (Å²) in [5.41, 5.74) is 2.22. The zero-order chi connectivity index (χ0) is 16.8. The van der Waals surface area contributed by atoms with Crippen LogP contribution in [0.3, 0.4) is 0 Å². The predicted molar refractivity (Wildman–Crippen MR) is 94.1 cm³/mol. The van der Waals surface area contributed by atoms with Crippen molar-refractivity contribution in [2.24, 2.45) is 5.92 Å². The van der Waals surface area contributed by atoms with Crippen molar-refractivity contribution in [3.63, 3.8) is 0 Å². The third-order valence-corrected chi connectivity index (χ3v) is 4.48. The van der Waals surface area contributed by atoms with Crippen LogP contribution in [0.5, 0.6) is 0 Å². The maximum atomic E-state index is 11.3. The standard InChI is InChI=1S/C19H23N3O2/c23-19(24)17-8-9-20-12-18(17)21-11-16-7-4-10-22(14-16)13-15-5-2-1-3-6-15/h1-3,5-6,8-9,12,16,21H,4,7,10-11,13-14H2,(H,23,24). The van der Waals surface area contributed by atoms with E-state index in [0.717, 1.165) is 26.2 Å². The molecule has 3 rings (SSSR count). The molecule has 1 aliphatic heterocycles. The first-order chi connectivity index (χ1) is 11.7. The van der Waals surface area contributed by atoms with E-state index in [4.69, 9.17) is 0 Å². The lowest BCUT2D eigenvalue weighted by molar-refractivity contribution is 0.0697. The molecule has 1 atom stereocenters. The number of aromatic nitrogens is 1. The number of benzene rings is 1. The number of carboxylic acids is 1. The van der Waals surface area contributed by atoms with Crippen molar-refractivity contribution in [2.45, 2.75) is 19.4 Å². The molecule has 1 aromatic carbocycles. The van der Waals surface area contributed by atoms with Crippen molar-refractivity contribution in [3.05, 3.63) is 59.9 Å². The lowest BCUT2D eigenvalue weighted by atomic mass is 9.97. The fourth-order valence-corrected chi connectivity index (χ4v) is 3.28. The third kappa shape index (κ3) is 4.32. The van der Waals surface area contributed by atoms with Crippen molar-refractivity contribution in [2.75, 3.05) is 25.0 Å². The molecule has 1 saturated heterocycles. The zero-order valence-corrected chi connectivity index (χ0v) is 13.7. The van der Waals surface area contributed by atoms with Crippen LogP contribution in [0.2, 0.25) is 0 Å². The lowest BCUT2D eigenvalue weighted by Gasteiger charge is -2.33. The van der Waals surface area contributed by atoms with E-state index in [0.29, 0.717) is 11.6 Å². The molecule has 2 N–H and O–H groups in total. The van der Waals surface area contributed by atoms with E-state index in [1.165, 1.54) is 30.7 Å². The van der Waals surface area contributed by atoms with Crippen LogP contribution >= 0.6 is 0 Å². The van der Waals surface area contributed by atoms with Crippen LogP contribution in [0.1, 0.15) is 28.8 Å². The Morgan fingerprint density at radius 1 is 1.29 bits per heavy atom. The molecule has 1 unspecified atom stereocenters. The second-order valence-corrected chi connectivity index (χ2v) is 6.34. The third-order valence-electron chi connectivity index (χ3n) is 4.48. The van der Waals surface area contributed by atoms with Crippen LogP contribution in [0.15, 0.2) is 48.8 Å². The van der Waals surface area contributed by atoms with E-state index in [1.54, 1.807) is 6.20 Å². The van der Waals surface area contributed by atoms with Crippen LogP contribution in [0.25, 0.3) is 0 Å². The number of piperidine rings is 1. The lowest BCUT2D eigenvalue weighted by Crippen LogP contribution is -2.37. The molecule has 5 nitrogen and oxygen atoms in total. The zero-order valence-electron chi connectivity index (χ0n) is 13.7. The second kappa shape index (κ2) is 7.93. The van der Waals surface area contributed by atoms with Crippen molar-refractivity contribution in [3.8, 4) is 0 Å². The number of nitrogens with one attached hydrogen (secondary N) is 1. The first-order valence-corrected chi connectivity index (χ1v) is 8.40. The number of aromatic carboxylic acids is 1. The molecule has 0 amide bonds. The maximum absolute atomic E-state index is 11.3. The predicted octanol–water partition coefficient (Wildman–Crippen LogP) is 3.10. The normalized spacial score (nSPS) is 18.2. The number of anilines is 1. The highest BCUT2D eigenvalue weighted by atomic mass is 16.4. The summed E-state index contributed by atoms with van der Waals surface area (Å²) in [5, 5.41) is 12.5. The van der Waals surface area contributed by atoms with Gasteiger partial charge in [-0.15, -0.1) is 0 Å². The fourth-order valence-electron chi connectivity index (χ4n) is 3.28. The van der Waals surface area contributed by atoms with Gasteiger partial charge in [0.2, 0.25) is 0 Å². The van der Waals surface area contributed by atoms with E-state index >= 15 is 0 Å². The minimum atomic E-state index is -0.922. The number of pyridine rings is 1. The molecule has 2 aromatic rings. The molecule has 1 aromatic heterocycles. The van der Waals surface area contributed by atoms with E-state index in [1.807, 2.05) is 6.07 Å². The van der Waals surface area contributed by atoms with E-state index in [9.17, 15) is 9.90 Å². The summed E-state index contributed by atoms with van der Waals surface area (Å²) in [6.45, 7) is 3.91. The average Bonchev–Trinajstić information content (AvgIpc) is 2.61. The van der Waals surface area contributed by atoms with Gasteiger partial charge in [0, 0.05) is 25.8 Å². The van der Waals surface area contributed by atoms with Gasteiger partial charge < -0.3 is 10.4 Å². The Labute approximate surface area is 142 Å². The minimum absolute atomic E-state index is 0.280. The molecule has 1 fully saturated rings. The van der Waals surface area contributed by atoms with Gasteiger partial charge >= 0.3 is 5.97 Å². The topological polar surface area (TPSA) is 65.5 Å². The Balaban J connectivity index is 1.55. The highest BCUT2D eigenvalue weighted by molar-refractivity contribution is 5.93. The Bertz CT molecular complexity index is 675. The minimum Gasteiger partial charge on any atom is -0.478 e. The molecule has 0 spiro atoms. The molecular weight excluding hydrogens is 302 g/mol. The Morgan fingerprint density at radius 3 is 2.92 bits per heavy atom. The summed E-state index contributed by atoms with van der Waals surface area (Å²) in [7, 11) is 0.